The second kappa shape index (κ2) is 5.77. The molecule has 2 nitrogen and oxygen atoms in total. The number of hydrogen-bond acceptors (Lipinski definition) is 2. The molecule has 20 heavy (non-hydrogen) atoms. The van der Waals surface area contributed by atoms with Crippen LogP contribution in [0.5, 0.6) is 0 Å². The molecule has 1 heterocycles. The van der Waals surface area contributed by atoms with Crippen molar-refractivity contribution in [3.63, 3.8) is 0 Å². The summed E-state index contributed by atoms with van der Waals surface area (Å²) in [7, 11) is 0. The van der Waals surface area contributed by atoms with Crippen molar-refractivity contribution in [3.8, 4) is 0 Å². The summed E-state index contributed by atoms with van der Waals surface area (Å²) in [6.07, 6.45) is 5.67. The van der Waals surface area contributed by atoms with Crippen molar-refractivity contribution in [3.05, 3.63) is 29.8 Å². The second-order valence-electron chi connectivity index (χ2n) is 6.98. The molecule has 2 heteroatoms. The molecule has 3 rings (SSSR count). The first-order valence-electron chi connectivity index (χ1n) is 8.18. The Balaban J connectivity index is 1.90. The molecule has 1 aliphatic carbocycles. The highest BCUT2D eigenvalue weighted by atomic mass is 16.3. The predicted octanol–water partition coefficient (Wildman–Crippen LogP) is 4.14. The Bertz CT molecular complexity index is 448. The molecule has 110 valence electrons. The number of para-hydroxylation sites is 1. The minimum absolute atomic E-state index is 0.283. The Morgan fingerprint density at radius 3 is 2.50 bits per heavy atom. The number of fused-ring (bicyclic) bond motifs is 1. The first kappa shape index (κ1) is 13.9. The van der Waals surface area contributed by atoms with Gasteiger partial charge in [-0.15, -0.1) is 0 Å². The summed E-state index contributed by atoms with van der Waals surface area (Å²) in [5.41, 5.74) is 2.42. The van der Waals surface area contributed by atoms with Crippen LogP contribution in [0.2, 0.25) is 0 Å². The average molecular weight is 273 g/mol. The number of rotatable bonds is 1. The van der Waals surface area contributed by atoms with Crippen LogP contribution in [0.25, 0.3) is 0 Å². The van der Waals surface area contributed by atoms with E-state index in [0.717, 1.165) is 36.8 Å². The third kappa shape index (κ3) is 2.71. The molecule has 3 atom stereocenters. The Morgan fingerprint density at radius 1 is 1.05 bits per heavy atom. The van der Waals surface area contributed by atoms with Gasteiger partial charge in [-0.2, -0.15) is 0 Å². The standard InChI is InChI=1S/C18H27NO/c1-13-10-14(2)12-15(11-13)19-9-5-8-18(20)16-6-3-4-7-17(16)19/h3-4,6-7,13-15,18,20H,5,8-12H2,1-2H3. The Hall–Kier alpha value is -1.02. The average Bonchev–Trinajstić information content (AvgIpc) is 2.58. The summed E-state index contributed by atoms with van der Waals surface area (Å²) in [4.78, 5) is 2.59. The molecule has 3 unspecified atom stereocenters. The van der Waals surface area contributed by atoms with Gasteiger partial charge in [0.15, 0.2) is 0 Å². The predicted molar refractivity (Wildman–Crippen MR) is 83.9 cm³/mol. The molecule has 1 aromatic rings. The number of hydrogen-bond donors (Lipinski definition) is 1. The fraction of sp³-hybridized carbons (Fsp3) is 0.667. The van der Waals surface area contributed by atoms with Crippen molar-refractivity contribution >= 4 is 5.69 Å². The summed E-state index contributed by atoms with van der Waals surface area (Å²) in [5, 5.41) is 10.3. The van der Waals surface area contributed by atoms with Crippen molar-refractivity contribution in [1.82, 2.24) is 0 Å². The van der Waals surface area contributed by atoms with E-state index in [0.29, 0.717) is 6.04 Å². The van der Waals surface area contributed by atoms with Crippen molar-refractivity contribution < 1.29 is 5.11 Å². The molecule has 1 saturated carbocycles. The maximum absolute atomic E-state index is 10.3. The van der Waals surface area contributed by atoms with Crippen LogP contribution in [0, 0.1) is 11.8 Å². The van der Waals surface area contributed by atoms with E-state index in [2.05, 4.69) is 43.0 Å². The van der Waals surface area contributed by atoms with Gasteiger partial charge < -0.3 is 10.0 Å². The highest BCUT2D eigenvalue weighted by molar-refractivity contribution is 5.56. The molecule has 0 spiro atoms. The number of nitrogens with zero attached hydrogens (tertiary/aromatic N) is 1. The minimum Gasteiger partial charge on any atom is -0.388 e. The highest BCUT2D eigenvalue weighted by Gasteiger charge is 2.31. The normalized spacial score (nSPS) is 34.5. The first-order chi connectivity index (χ1) is 9.65. The highest BCUT2D eigenvalue weighted by Crippen LogP contribution is 2.39. The zero-order valence-corrected chi connectivity index (χ0v) is 12.8. The van der Waals surface area contributed by atoms with Gasteiger partial charge in [0.05, 0.1) is 6.10 Å². The van der Waals surface area contributed by atoms with Crippen LogP contribution in [0.3, 0.4) is 0 Å². The van der Waals surface area contributed by atoms with Gasteiger partial charge >= 0.3 is 0 Å². The third-order valence-electron chi connectivity index (χ3n) is 5.08. The molecule has 1 aliphatic heterocycles. The minimum atomic E-state index is -0.283. The Labute approximate surface area is 122 Å². The monoisotopic (exact) mass is 273 g/mol. The summed E-state index contributed by atoms with van der Waals surface area (Å²) in [6.45, 7) is 5.88. The van der Waals surface area contributed by atoms with E-state index in [1.54, 1.807) is 0 Å². The number of aliphatic hydroxyl groups is 1. The quantitative estimate of drug-likeness (QED) is 0.831. The summed E-state index contributed by atoms with van der Waals surface area (Å²) in [6, 6.07) is 9.12. The SMILES string of the molecule is CC1CC(C)CC(N2CCCC(O)c3ccccc32)C1. The third-order valence-corrected chi connectivity index (χ3v) is 5.08. The van der Waals surface area contributed by atoms with Crippen LogP contribution < -0.4 is 4.90 Å². The molecule has 0 aromatic heterocycles. The summed E-state index contributed by atoms with van der Waals surface area (Å²) < 4.78 is 0. The largest absolute Gasteiger partial charge is 0.388 e. The van der Waals surface area contributed by atoms with Crippen molar-refractivity contribution in [1.29, 1.82) is 0 Å². The second-order valence-corrected chi connectivity index (χ2v) is 6.98. The lowest BCUT2D eigenvalue weighted by molar-refractivity contribution is 0.168. The molecule has 1 fully saturated rings. The molecule has 0 radical (unpaired) electrons. The van der Waals surface area contributed by atoms with E-state index in [1.165, 1.54) is 24.9 Å². The Morgan fingerprint density at radius 2 is 1.75 bits per heavy atom. The van der Waals surface area contributed by atoms with Gasteiger partial charge in [0, 0.05) is 23.8 Å². The van der Waals surface area contributed by atoms with E-state index in [9.17, 15) is 5.11 Å². The van der Waals surface area contributed by atoms with Crippen LogP contribution >= 0.6 is 0 Å². The van der Waals surface area contributed by atoms with E-state index in [4.69, 9.17) is 0 Å². The Kier molecular flexibility index (Phi) is 4.02. The zero-order chi connectivity index (χ0) is 14.1. The molecule has 2 aliphatic rings. The van der Waals surface area contributed by atoms with E-state index in [-0.39, 0.29) is 6.10 Å². The van der Waals surface area contributed by atoms with Crippen molar-refractivity contribution in [2.45, 2.75) is 58.1 Å². The molecular formula is C18H27NO. The molecule has 0 saturated heterocycles. The molecule has 1 N–H and O–H groups in total. The molecule has 0 bridgehead atoms. The van der Waals surface area contributed by atoms with E-state index in [1.807, 2.05) is 0 Å². The van der Waals surface area contributed by atoms with Crippen molar-refractivity contribution in [2.75, 3.05) is 11.4 Å². The molecule has 1 aromatic carbocycles. The van der Waals surface area contributed by atoms with E-state index < -0.39 is 0 Å². The fourth-order valence-corrected chi connectivity index (χ4v) is 4.30. The van der Waals surface area contributed by atoms with Gasteiger partial charge in [-0.1, -0.05) is 32.0 Å². The van der Waals surface area contributed by atoms with Gasteiger partial charge in [0.1, 0.15) is 0 Å². The van der Waals surface area contributed by atoms with Crippen LogP contribution in [0.4, 0.5) is 5.69 Å². The maximum Gasteiger partial charge on any atom is 0.0810 e. The van der Waals surface area contributed by atoms with Gasteiger partial charge in [-0.25, -0.2) is 0 Å². The van der Waals surface area contributed by atoms with Crippen LogP contribution in [0.1, 0.15) is 57.6 Å². The number of anilines is 1. The lowest BCUT2D eigenvalue weighted by Gasteiger charge is -2.40. The summed E-state index contributed by atoms with van der Waals surface area (Å²) in [5.74, 6) is 1.65. The zero-order valence-electron chi connectivity index (χ0n) is 12.8. The van der Waals surface area contributed by atoms with Gasteiger partial charge in [0.2, 0.25) is 0 Å². The summed E-state index contributed by atoms with van der Waals surface area (Å²) >= 11 is 0. The first-order valence-corrected chi connectivity index (χ1v) is 8.18. The van der Waals surface area contributed by atoms with E-state index >= 15 is 0 Å². The fourth-order valence-electron chi connectivity index (χ4n) is 4.30. The van der Waals surface area contributed by atoms with Crippen LogP contribution in [-0.4, -0.2) is 17.7 Å². The lowest BCUT2D eigenvalue weighted by atomic mass is 9.79. The topological polar surface area (TPSA) is 23.5 Å². The molecular weight excluding hydrogens is 246 g/mol. The van der Waals surface area contributed by atoms with Gasteiger partial charge in [-0.3, -0.25) is 0 Å². The van der Waals surface area contributed by atoms with Gasteiger partial charge in [0.25, 0.3) is 0 Å². The number of benzene rings is 1. The van der Waals surface area contributed by atoms with Crippen LogP contribution in [-0.2, 0) is 0 Å². The van der Waals surface area contributed by atoms with Crippen molar-refractivity contribution in [2.24, 2.45) is 11.8 Å². The number of aliphatic hydroxyl groups excluding tert-OH is 1. The van der Waals surface area contributed by atoms with Gasteiger partial charge in [-0.05, 0) is 50.0 Å². The lowest BCUT2D eigenvalue weighted by Crippen LogP contribution is -2.41. The maximum atomic E-state index is 10.3. The van der Waals surface area contributed by atoms with Crippen LogP contribution in [0.15, 0.2) is 24.3 Å². The smallest absolute Gasteiger partial charge is 0.0810 e. The molecule has 0 amide bonds.